The predicted molar refractivity (Wildman–Crippen MR) is 89.6 cm³/mol. The highest BCUT2D eigenvalue weighted by Crippen LogP contribution is 2.30. The summed E-state index contributed by atoms with van der Waals surface area (Å²) in [6.45, 7) is 5.36. The van der Waals surface area contributed by atoms with Crippen molar-refractivity contribution in [1.29, 1.82) is 0 Å². The van der Waals surface area contributed by atoms with Gasteiger partial charge in [-0.1, -0.05) is 23.7 Å². The van der Waals surface area contributed by atoms with Crippen molar-refractivity contribution >= 4 is 17.6 Å². The molecule has 128 valence electrons. The van der Waals surface area contributed by atoms with Gasteiger partial charge in [-0.2, -0.15) is 4.98 Å². The van der Waals surface area contributed by atoms with Gasteiger partial charge in [0, 0.05) is 23.7 Å². The first-order chi connectivity index (χ1) is 11.4. The van der Waals surface area contributed by atoms with E-state index in [0.29, 0.717) is 35.6 Å². The summed E-state index contributed by atoms with van der Waals surface area (Å²) < 4.78 is 5.41. The van der Waals surface area contributed by atoms with Crippen molar-refractivity contribution < 1.29 is 14.4 Å². The van der Waals surface area contributed by atoms with Crippen LogP contribution >= 0.6 is 11.6 Å². The van der Waals surface area contributed by atoms with Crippen LogP contribution in [0.25, 0.3) is 11.4 Å². The average Bonchev–Trinajstić information content (AvgIpc) is 3.04. The van der Waals surface area contributed by atoms with Gasteiger partial charge in [0.2, 0.25) is 11.7 Å². The number of rotatable bonds is 4. The summed E-state index contributed by atoms with van der Waals surface area (Å²) in [4.78, 5) is 17.9. The first-order valence-electron chi connectivity index (χ1n) is 8.00. The fourth-order valence-corrected chi connectivity index (χ4v) is 3.29. The molecule has 1 aromatic carbocycles. The van der Waals surface area contributed by atoms with Crippen molar-refractivity contribution in [3.05, 3.63) is 35.2 Å². The average molecular weight is 350 g/mol. The lowest BCUT2D eigenvalue weighted by Crippen LogP contribution is -2.43. The maximum atomic E-state index is 11.3. The first-order valence-corrected chi connectivity index (χ1v) is 8.38. The molecule has 0 spiro atoms. The third-order valence-electron chi connectivity index (χ3n) is 4.49. The number of carboxylic acid groups (broad SMARTS) is 1. The number of likely N-dealkylation sites (tertiary alicyclic amines) is 1. The highest BCUT2D eigenvalue weighted by molar-refractivity contribution is 6.30. The Labute approximate surface area is 145 Å². The molecular formula is C17H20ClN3O3. The molecule has 0 amide bonds. The van der Waals surface area contributed by atoms with E-state index in [1.807, 2.05) is 19.1 Å². The van der Waals surface area contributed by atoms with Gasteiger partial charge in [0.05, 0.1) is 12.0 Å². The van der Waals surface area contributed by atoms with Crippen LogP contribution in [0.3, 0.4) is 0 Å². The molecule has 1 aliphatic rings. The van der Waals surface area contributed by atoms with E-state index in [0.717, 1.165) is 12.1 Å². The summed E-state index contributed by atoms with van der Waals surface area (Å²) in [5.41, 5.74) is 0.831. The van der Waals surface area contributed by atoms with Crippen LogP contribution < -0.4 is 0 Å². The van der Waals surface area contributed by atoms with Crippen LogP contribution in [0.1, 0.15) is 32.2 Å². The van der Waals surface area contributed by atoms with E-state index in [1.165, 1.54) is 0 Å². The smallest absolute Gasteiger partial charge is 0.307 e. The predicted octanol–water partition coefficient (Wildman–Crippen LogP) is 3.49. The van der Waals surface area contributed by atoms with Crippen molar-refractivity contribution in [1.82, 2.24) is 15.0 Å². The SMILES string of the molecule is CC1CC(C(=O)O)CN(C(C)c2nc(-c3ccc(Cl)cc3)no2)C1. The molecule has 0 bridgehead atoms. The maximum absolute atomic E-state index is 11.3. The lowest BCUT2D eigenvalue weighted by molar-refractivity contribution is -0.144. The van der Waals surface area contributed by atoms with Crippen molar-refractivity contribution in [2.75, 3.05) is 13.1 Å². The molecule has 24 heavy (non-hydrogen) atoms. The number of aromatic nitrogens is 2. The molecule has 3 unspecified atom stereocenters. The fraction of sp³-hybridized carbons (Fsp3) is 0.471. The second-order valence-electron chi connectivity index (χ2n) is 6.47. The Kier molecular flexibility index (Phi) is 4.87. The highest BCUT2D eigenvalue weighted by atomic mass is 35.5. The van der Waals surface area contributed by atoms with E-state index in [1.54, 1.807) is 12.1 Å². The zero-order valence-corrected chi connectivity index (χ0v) is 14.4. The number of nitrogens with zero attached hydrogens (tertiary/aromatic N) is 3. The van der Waals surface area contributed by atoms with Crippen LogP contribution in [-0.2, 0) is 4.79 Å². The maximum Gasteiger partial charge on any atom is 0.307 e. The molecule has 0 saturated carbocycles. The number of carboxylic acids is 1. The Morgan fingerprint density at radius 1 is 1.38 bits per heavy atom. The molecular weight excluding hydrogens is 330 g/mol. The minimum absolute atomic E-state index is 0.122. The van der Waals surface area contributed by atoms with Gasteiger partial charge in [-0.3, -0.25) is 9.69 Å². The lowest BCUT2D eigenvalue weighted by Gasteiger charge is -2.37. The zero-order chi connectivity index (χ0) is 17.3. The largest absolute Gasteiger partial charge is 0.481 e. The van der Waals surface area contributed by atoms with E-state index in [2.05, 4.69) is 22.0 Å². The third-order valence-corrected chi connectivity index (χ3v) is 4.74. The van der Waals surface area contributed by atoms with Gasteiger partial charge in [-0.15, -0.1) is 0 Å². The highest BCUT2D eigenvalue weighted by Gasteiger charge is 2.33. The summed E-state index contributed by atoms with van der Waals surface area (Å²) in [6.07, 6.45) is 0.707. The molecule has 6 nitrogen and oxygen atoms in total. The molecule has 1 aliphatic heterocycles. The minimum Gasteiger partial charge on any atom is -0.481 e. The van der Waals surface area contributed by atoms with Gasteiger partial charge in [-0.05, 0) is 43.5 Å². The molecule has 1 aromatic heterocycles. The van der Waals surface area contributed by atoms with Gasteiger partial charge >= 0.3 is 5.97 Å². The molecule has 7 heteroatoms. The van der Waals surface area contributed by atoms with Crippen LogP contribution in [0.4, 0.5) is 0 Å². The summed E-state index contributed by atoms with van der Waals surface area (Å²) in [6, 6.07) is 7.11. The van der Waals surface area contributed by atoms with Crippen molar-refractivity contribution in [2.45, 2.75) is 26.3 Å². The Bertz CT molecular complexity index is 716. The number of hydrogen-bond donors (Lipinski definition) is 1. The van der Waals surface area contributed by atoms with Gasteiger partial charge in [-0.25, -0.2) is 0 Å². The molecule has 1 saturated heterocycles. The second kappa shape index (κ2) is 6.91. The number of aliphatic carboxylic acids is 1. The van der Waals surface area contributed by atoms with Crippen molar-refractivity contribution in [3.63, 3.8) is 0 Å². The Hall–Kier alpha value is -1.92. The van der Waals surface area contributed by atoms with E-state index in [-0.39, 0.29) is 12.0 Å². The van der Waals surface area contributed by atoms with E-state index in [9.17, 15) is 9.90 Å². The quantitative estimate of drug-likeness (QED) is 0.910. The van der Waals surface area contributed by atoms with Crippen LogP contribution in [-0.4, -0.2) is 39.2 Å². The molecule has 1 N–H and O–H groups in total. The molecule has 3 rings (SSSR count). The molecule has 3 atom stereocenters. The second-order valence-corrected chi connectivity index (χ2v) is 6.91. The van der Waals surface area contributed by atoms with Gasteiger partial charge < -0.3 is 9.63 Å². The third kappa shape index (κ3) is 3.60. The fourth-order valence-electron chi connectivity index (χ4n) is 3.17. The van der Waals surface area contributed by atoms with E-state index >= 15 is 0 Å². The summed E-state index contributed by atoms with van der Waals surface area (Å²) in [5, 5.41) is 14.0. The van der Waals surface area contributed by atoms with Crippen LogP contribution in [0, 0.1) is 11.8 Å². The van der Waals surface area contributed by atoms with Crippen LogP contribution in [0.15, 0.2) is 28.8 Å². The molecule has 2 aromatic rings. The number of piperidine rings is 1. The van der Waals surface area contributed by atoms with Gasteiger partial charge in [0.25, 0.3) is 0 Å². The summed E-state index contributed by atoms with van der Waals surface area (Å²) in [7, 11) is 0. The number of halogens is 1. The zero-order valence-electron chi connectivity index (χ0n) is 13.6. The molecule has 2 heterocycles. The molecule has 0 aliphatic carbocycles. The molecule has 1 fully saturated rings. The first kappa shape index (κ1) is 16.9. The number of hydrogen-bond acceptors (Lipinski definition) is 5. The summed E-state index contributed by atoms with van der Waals surface area (Å²) in [5.74, 6) is 0.230. The minimum atomic E-state index is -0.744. The monoisotopic (exact) mass is 349 g/mol. The topological polar surface area (TPSA) is 79.5 Å². The Morgan fingerprint density at radius 3 is 2.75 bits per heavy atom. The van der Waals surface area contributed by atoms with E-state index < -0.39 is 5.97 Å². The Balaban J connectivity index is 1.76. The number of carbonyl (C=O) groups is 1. The summed E-state index contributed by atoms with van der Waals surface area (Å²) >= 11 is 5.89. The normalized spacial score (nSPS) is 23.1. The standard InChI is InChI=1S/C17H20ClN3O3/c1-10-7-13(17(22)23)9-21(8-10)11(2)16-19-15(20-24-16)12-3-5-14(18)6-4-12/h3-6,10-11,13H,7-9H2,1-2H3,(H,22,23). The number of benzene rings is 1. The van der Waals surface area contributed by atoms with Crippen molar-refractivity contribution in [2.24, 2.45) is 11.8 Å². The van der Waals surface area contributed by atoms with Crippen LogP contribution in [0.2, 0.25) is 5.02 Å². The molecule has 0 radical (unpaired) electrons. The van der Waals surface area contributed by atoms with E-state index in [4.69, 9.17) is 16.1 Å². The lowest BCUT2D eigenvalue weighted by atomic mass is 9.89. The van der Waals surface area contributed by atoms with Crippen LogP contribution in [0.5, 0.6) is 0 Å². The Morgan fingerprint density at radius 2 is 2.08 bits per heavy atom. The van der Waals surface area contributed by atoms with Gasteiger partial charge in [0.1, 0.15) is 0 Å². The van der Waals surface area contributed by atoms with Gasteiger partial charge in [0.15, 0.2) is 0 Å². The van der Waals surface area contributed by atoms with Crippen molar-refractivity contribution in [3.8, 4) is 11.4 Å².